The van der Waals surface area contributed by atoms with Crippen molar-refractivity contribution >= 4 is 0 Å². The van der Waals surface area contributed by atoms with E-state index in [1.165, 1.54) is 7.11 Å². The molecule has 0 saturated heterocycles. The molecule has 2 aromatic rings. The van der Waals surface area contributed by atoms with Crippen molar-refractivity contribution < 1.29 is 9.84 Å². The maximum absolute atomic E-state index is 10.4. The van der Waals surface area contributed by atoms with Crippen LogP contribution in [0.5, 0.6) is 5.75 Å². The summed E-state index contributed by atoms with van der Waals surface area (Å²) in [6.45, 7) is 0. The second kappa shape index (κ2) is 6.20. The van der Waals surface area contributed by atoms with Crippen molar-refractivity contribution in [3.8, 4) is 11.8 Å². The molecule has 20 heavy (non-hydrogen) atoms. The Morgan fingerprint density at radius 1 is 1.15 bits per heavy atom. The zero-order valence-electron chi connectivity index (χ0n) is 11.2. The molecule has 0 aliphatic carbocycles. The van der Waals surface area contributed by atoms with Crippen molar-refractivity contribution in [1.82, 2.24) is 0 Å². The lowest BCUT2D eigenvalue weighted by molar-refractivity contribution is 0.147. The fourth-order valence-corrected chi connectivity index (χ4v) is 2.06. The van der Waals surface area contributed by atoms with Gasteiger partial charge in [0, 0.05) is 0 Å². The number of nitriles is 1. The third-order valence-corrected chi connectivity index (χ3v) is 3.21. The highest BCUT2D eigenvalue weighted by molar-refractivity contribution is 5.46. The minimum absolute atomic E-state index is 0.379. The average molecular weight is 268 g/mol. The minimum Gasteiger partial charge on any atom is -0.495 e. The number of ether oxygens (including phenoxy) is 1. The summed E-state index contributed by atoms with van der Waals surface area (Å²) >= 11 is 0. The van der Waals surface area contributed by atoms with Crippen molar-refractivity contribution in [3.05, 3.63) is 65.2 Å². The van der Waals surface area contributed by atoms with Crippen molar-refractivity contribution in [2.45, 2.75) is 12.1 Å². The SMILES string of the molecule is COc1ccc(C(O)C(N)c2ccccc2)cc1C#N. The Bertz CT molecular complexity index is 620. The van der Waals surface area contributed by atoms with Gasteiger partial charge in [0.05, 0.1) is 24.8 Å². The molecule has 0 bridgehead atoms. The molecular formula is C16H16N2O2. The van der Waals surface area contributed by atoms with E-state index in [1.54, 1.807) is 18.2 Å². The van der Waals surface area contributed by atoms with Crippen LogP contribution in [-0.2, 0) is 0 Å². The first-order valence-electron chi connectivity index (χ1n) is 6.24. The van der Waals surface area contributed by atoms with E-state index in [2.05, 4.69) is 0 Å². The van der Waals surface area contributed by atoms with E-state index in [1.807, 2.05) is 36.4 Å². The summed E-state index contributed by atoms with van der Waals surface area (Å²) in [5.74, 6) is 0.483. The quantitative estimate of drug-likeness (QED) is 0.891. The molecule has 0 saturated carbocycles. The van der Waals surface area contributed by atoms with Crippen molar-refractivity contribution in [3.63, 3.8) is 0 Å². The first-order valence-corrected chi connectivity index (χ1v) is 6.24. The Labute approximate surface area is 118 Å². The summed E-state index contributed by atoms with van der Waals surface area (Å²) in [4.78, 5) is 0. The van der Waals surface area contributed by atoms with Crippen LogP contribution in [0, 0.1) is 11.3 Å². The molecule has 2 atom stereocenters. The monoisotopic (exact) mass is 268 g/mol. The molecule has 0 fully saturated rings. The number of hydrogen-bond donors (Lipinski definition) is 2. The fraction of sp³-hybridized carbons (Fsp3) is 0.188. The number of hydrogen-bond acceptors (Lipinski definition) is 4. The summed E-state index contributed by atoms with van der Waals surface area (Å²) in [6, 6.07) is 15.8. The number of methoxy groups -OCH3 is 1. The van der Waals surface area contributed by atoms with Crippen LogP contribution >= 0.6 is 0 Å². The Morgan fingerprint density at radius 3 is 2.45 bits per heavy atom. The minimum atomic E-state index is -0.879. The average Bonchev–Trinajstić information content (AvgIpc) is 2.53. The first-order chi connectivity index (χ1) is 9.67. The van der Waals surface area contributed by atoms with Gasteiger partial charge in [0.25, 0.3) is 0 Å². The van der Waals surface area contributed by atoms with Crippen LogP contribution in [0.2, 0.25) is 0 Å². The molecular weight excluding hydrogens is 252 g/mol. The molecule has 102 valence electrons. The van der Waals surface area contributed by atoms with Gasteiger partial charge in [0.15, 0.2) is 0 Å². The second-order valence-electron chi connectivity index (χ2n) is 4.45. The van der Waals surface area contributed by atoms with E-state index in [-0.39, 0.29) is 0 Å². The number of aliphatic hydroxyl groups is 1. The third-order valence-electron chi connectivity index (χ3n) is 3.21. The summed E-state index contributed by atoms with van der Waals surface area (Å²) < 4.78 is 5.08. The Hall–Kier alpha value is -2.35. The van der Waals surface area contributed by atoms with Crippen LogP contribution in [0.15, 0.2) is 48.5 Å². The first kappa shape index (κ1) is 14.1. The summed E-state index contributed by atoms with van der Waals surface area (Å²) in [5.41, 5.74) is 7.89. The smallest absolute Gasteiger partial charge is 0.136 e. The third kappa shape index (κ3) is 2.80. The van der Waals surface area contributed by atoms with Crippen LogP contribution in [0.3, 0.4) is 0 Å². The van der Waals surface area contributed by atoms with E-state index in [0.717, 1.165) is 5.56 Å². The molecule has 0 aliphatic rings. The number of rotatable bonds is 4. The van der Waals surface area contributed by atoms with Gasteiger partial charge < -0.3 is 15.6 Å². The van der Waals surface area contributed by atoms with Gasteiger partial charge in [0.1, 0.15) is 11.8 Å². The Balaban J connectivity index is 2.30. The van der Waals surface area contributed by atoms with Gasteiger partial charge in [-0.1, -0.05) is 36.4 Å². The van der Waals surface area contributed by atoms with Crippen molar-refractivity contribution in [2.75, 3.05) is 7.11 Å². The molecule has 0 heterocycles. The normalized spacial score (nSPS) is 13.3. The van der Waals surface area contributed by atoms with Crippen LogP contribution < -0.4 is 10.5 Å². The van der Waals surface area contributed by atoms with Gasteiger partial charge in [-0.15, -0.1) is 0 Å². The molecule has 4 nitrogen and oxygen atoms in total. The van der Waals surface area contributed by atoms with E-state index >= 15 is 0 Å². The lowest BCUT2D eigenvalue weighted by Crippen LogP contribution is -2.19. The molecule has 0 aliphatic heterocycles. The highest BCUT2D eigenvalue weighted by Crippen LogP contribution is 2.29. The van der Waals surface area contributed by atoms with Crippen LogP contribution in [0.1, 0.15) is 28.8 Å². The van der Waals surface area contributed by atoms with Crippen molar-refractivity contribution in [1.29, 1.82) is 5.26 Å². The van der Waals surface area contributed by atoms with E-state index < -0.39 is 12.1 Å². The molecule has 4 heteroatoms. The van der Waals surface area contributed by atoms with Crippen LogP contribution in [0.4, 0.5) is 0 Å². The lowest BCUT2D eigenvalue weighted by atomic mass is 9.95. The molecule has 2 rings (SSSR count). The summed E-state index contributed by atoms with van der Waals surface area (Å²) in [7, 11) is 1.50. The predicted octanol–water partition coefficient (Wildman–Crippen LogP) is 2.30. The largest absolute Gasteiger partial charge is 0.495 e. The molecule has 0 spiro atoms. The molecule has 2 unspecified atom stereocenters. The predicted molar refractivity (Wildman–Crippen MR) is 76.0 cm³/mol. The van der Waals surface area contributed by atoms with Crippen molar-refractivity contribution in [2.24, 2.45) is 5.73 Å². The van der Waals surface area contributed by atoms with Gasteiger partial charge in [-0.25, -0.2) is 0 Å². The maximum atomic E-state index is 10.4. The molecule has 0 amide bonds. The Morgan fingerprint density at radius 2 is 1.85 bits per heavy atom. The number of nitrogens with zero attached hydrogens (tertiary/aromatic N) is 1. The van der Waals surface area contributed by atoms with Crippen LogP contribution in [0.25, 0.3) is 0 Å². The van der Waals surface area contributed by atoms with E-state index in [4.69, 9.17) is 15.7 Å². The molecule has 0 radical (unpaired) electrons. The maximum Gasteiger partial charge on any atom is 0.136 e. The number of nitrogens with two attached hydrogens (primary N) is 1. The van der Waals surface area contributed by atoms with E-state index in [0.29, 0.717) is 16.9 Å². The van der Waals surface area contributed by atoms with Gasteiger partial charge >= 0.3 is 0 Å². The molecule has 3 N–H and O–H groups in total. The van der Waals surface area contributed by atoms with E-state index in [9.17, 15) is 5.11 Å². The molecule has 0 aromatic heterocycles. The standard InChI is InChI=1S/C16H16N2O2/c1-20-14-8-7-12(9-13(14)10-17)16(19)15(18)11-5-3-2-4-6-11/h2-9,15-16,19H,18H2,1H3. The highest BCUT2D eigenvalue weighted by Gasteiger charge is 2.19. The lowest BCUT2D eigenvalue weighted by Gasteiger charge is -2.20. The number of aliphatic hydroxyl groups excluding tert-OH is 1. The van der Waals surface area contributed by atoms with Crippen LogP contribution in [-0.4, -0.2) is 12.2 Å². The summed E-state index contributed by atoms with van der Waals surface area (Å²) in [5, 5.41) is 19.4. The zero-order valence-corrected chi connectivity index (χ0v) is 11.2. The number of benzene rings is 2. The highest BCUT2D eigenvalue weighted by atomic mass is 16.5. The second-order valence-corrected chi connectivity index (χ2v) is 4.45. The zero-order chi connectivity index (χ0) is 14.5. The van der Waals surface area contributed by atoms with Gasteiger partial charge in [-0.2, -0.15) is 5.26 Å². The van der Waals surface area contributed by atoms with Gasteiger partial charge in [0.2, 0.25) is 0 Å². The Kier molecular flexibility index (Phi) is 4.36. The summed E-state index contributed by atoms with van der Waals surface area (Å²) in [6.07, 6.45) is -0.879. The topological polar surface area (TPSA) is 79.3 Å². The van der Waals surface area contributed by atoms with Gasteiger partial charge in [-0.05, 0) is 23.3 Å². The van der Waals surface area contributed by atoms with Gasteiger partial charge in [-0.3, -0.25) is 0 Å². The fourth-order valence-electron chi connectivity index (χ4n) is 2.06. The molecule has 2 aromatic carbocycles.